The van der Waals surface area contributed by atoms with Crippen LogP contribution in [0.3, 0.4) is 0 Å². The van der Waals surface area contributed by atoms with Crippen LogP contribution < -0.4 is 31.9 Å². The summed E-state index contributed by atoms with van der Waals surface area (Å²) in [5, 5.41) is 12.8. The Bertz CT molecular complexity index is 2070. The molecule has 14 nitrogen and oxygen atoms in total. The quantitative estimate of drug-likeness (QED) is 0.125. The fourth-order valence-corrected chi connectivity index (χ4v) is 6.76. The number of nitrogens with two attached hydrogens (primary N) is 1. The number of pyridine rings is 2. The van der Waals surface area contributed by atoms with Crippen molar-refractivity contribution in [3.63, 3.8) is 0 Å². The molecule has 14 heteroatoms. The number of benzene rings is 2. The number of fused-ring (bicyclic) bond motifs is 1. The van der Waals surface area contributed by atoms with E-state index in [4.69, 9.17) is 24.9 Å². The lowest BCUT2D eigenvalue weighted by Gasteiger charge is -2.44. The molecule has 0 radical (unpaired) electrons. The molecule has 2 aromatic heterocycles. The summed E-state index contributed by atoms with van der Waals surface area (Å²) in [6.07, 6.45) is 7.81. The summed E-state index contributed by atoms with van der Waals surface area (Å²) in [5.41, 5.74) is 9.77. The summed E-state index contributed by atoms with van der Waals surface area (Å²) in [5.74, 6) is -0.548. The summed E-state index contributed by atoms with van der Waals surface area (Å²) < 4.78 is 16.6. The maximum absolute atomic E-state index is 14.3. The van der Waals surface area contributed by atoms with Gasteiger partial charge in [-0.1, -0.05) is 55.5 Å². The number of rotatable bonds is 10. The molecule has 3 amide bonds. The predicted molar refractivity (Wildman–Crippen MR) is 212 cm³/mol. The van der Waals surface area contributed by atoms with Crippen molar-refractivity contribution in [1.82, 2.24) is 20.6 Å². The van der Waals surface area contributed by atoms with E-state index in [1.165, 1.54) is 6.20 Å². The third-order valence-electron chi connectivity index (χ3n) is 9.26. The fourth-order valence-electron chi connectivity index (χ4n) is 6.76. The molecule has 2 aliphatic rings. The topological polar surface area (TPSA) is 182 Å². The summed E-state index contributed by atoms with van der Waals surface area (Å²) >= 11 is 0. The number of carbonyl (C=O) groups is 3. The molecule has 1 saturated heterocycles. The van der Waals surface area contributed by atoms with Gasteiger partial charge in [0.15, 0.2) is 5.69 Å². The summed E-state index contributed by atoms with van der Waals surface area (Å²) in [6, 6.07) is 18.1. The molecule has 0 bridgehead atoms. The first-order valence-corrected chi connectivity index (χ1v) is 18.3. The van der Waals surface area contributed by atoms with E-state index >= 15 is 0 Å². The standard InChI is InChI=1S/C41H48N8O6/c1-26-23-49(24-34(36(26)44-17-15-42)48-40(52)55-41(2,3)4)35-12-16-43-22-33(35)46-38(50)37-32(47-39(51)54-25-27-8-6-5-7-9-27)21-30-11-10-29(20-31(30)45-37)28-13-18-53-19-14-28/h5-13,15-17,20-22,26,34,36,44H,14,18-19,23-25,42H2,1-4H3,(H,46,50)(H,47,51)(H,48,52)/b17-15-/t26-,34+,36-/m0/s1. The average molecular weight is 749 g/mol. The van der Waals surface area contributed by atoms with Crippen LogP contribution in [0.2, 0.25) is 0 Å². The molecule has 3 atom stereocenters. The Balaban J connectivity index is 1.29. The number of ether oxygens (including phenoxy) is 3. The number of nitrogens with one attached hydrogen (secondary N) is 4. The van der Waals surface area contributed by atoms with Gasteiger partial charge < -0.3 is 40.8 Å². The first-order chi connectivity index (χ1) is 26.5. The molecule has 288 valence electrons. The maximum Gasteiger partial charge on any atom is 0.412 e. The van der Waals surface area contributed by atoms with Crippen LogP contribution in [-0.2, 0) is 20.8 Å². The van der Waals surface area contributed by atoms with E-state index in [9.17, 15) is 14.4 Å². The Morgan fingerprint density at radius 1 is 1.02 bits per heavy atom. The van der Waals surface area contributed by atoms with Crippen LogP contribution in [0, 0.1) is 5.92 Å². The summed E-state index contributed by atoms with van der Waals surface area (Å²) in [6.45, 7) is 9.66. The van der Waals surface area contributed by atoms with Crippen molar-refractivity contribution >= 4 is 51.6 Å². The van der Waals surface area contributed by atoms with Gasteiger partial charge in [-0.15, -0.1) is 0 Å². The van der Waals surface area contributed by atoms with E-state index in [-0.39, 0.29) is 29.9 Å². The molecule has 2 aromatic carbocycles. The molecule has 55 heavy (non-hydrogen) atoms. The molecule has 0 aliphatic carbocycles. The van der Waals surface area contributed by atoms with Gasteiger partial charge in [-0.3, -0.25) is 15.1 Å². The predicted octanol–water partition coefficient (Wildman–Crippen LogP) is 6.17. The Kier molecular flexibility index (Phi) is 12.2. The van der Waals surface area contributed by atoms with Gasteiger partial charge >= 0.3 is 12.2 Å². The summed E-state index contributed by atoms with van der Waals surface area (Å²) in [4.78, 5) is 51.5. The van der Waals surface area contributed by atoms with E-state index in [1.54, 1.807) is 24.7 Å². The van der Waals surface area contributed by atoms with Crippen molar-refractivity contribution in [2.75, 3.05) is 41.8 Å². The van der Waals surface area contributed by atoms with Crippen LogP contribution in [0.15, 0.2) is 91.5 Å². The normalized spacial score (nSPS) is 18.7. The molecule has 4 aromatic rings. The van der Waals surface area contributed by atoms with Crippen LogP contribution in [-0.4, -0.2) is 72.0 Å². The molecule has 0 spiro atoms. The molecule has 6 N–H and O–H groups in total. The number of hydrogen-bond acceptors (Lipinski definition) is 11. The van der Waals surface area contributed by atoms with E-state index in [0.717, 1.165) is 28.5 Å². The molecule has 0 saturated carbocycles. The number of alkyl carbamates (subject to hydrolysis) is 1. The number of nitrogens with zero attached hydrogens (tertiary/aromatic N) is 3. The number of hydrogen-bond donors (Lipinski definition) is 5. The second kappa shape index (κ2) is 17.3. The number of aromatic nitrogens is 2. The fraction of sp³-hybridized carbons (Fsp3) is 0.341. The van der Waals surface area contributed by atoms with Gasteiger partial charge in [0.25, 0.3) is 5.91 Å². The van der Waals surface area contributed by atoms with Crippen molar-refractivity contribution in [3.05, 3.63) is 108 Å². The first-order valence-electron chi connectivity index (χ1n) is 18.3. The SMILES string of the molecule is C[C@H]1CN(c2ccncc2NC(=O)c2nc3cc(C4=CCOCC4)ccc3cc2NC(=O)OCc2ccccc2)C[C@@H](NC(=O)OC(C)(C)C)[C@H]1N/C=C\N. The average Bonchev–Trinajstić information content (AvgIpc) is 3.16. The minimum absolute atomic E-state index is 0.00797. The van der Waals surface area contributed by atoms with Gasteiger partial charge in [0.1, 0.15) is 12.2 Å². The maximum atomic E-state index is 14.3. The van der Waals surface area contributed by atoms with Crippen LogP contribution in [0.4, 0.5) is 26.7 Å². The molecular formula is C41H48N8O6. The van der Waals surface area contributed by atoms with Gasteiger partial charge in [-0.25, -0.2) is 14.6 Å². The minimum atomic E-state index is -0.733. The van der Waals surface area contributed by atoms with Crippen molar-refractivity contribution in [2.45, 2.75) is 58.4 Å². The first kappa shape index (κ1) is 38.6. The number of piperidine rings is 1. The molecule has 6 rings (SSSR count). The number of carbonyl (C=O) groups excluding carboxylic acids is 3. The van der Waals surface area contributed by atoms with Crippen LogP contribution in [0.25, 0.3) is 16.5 Å². The van der Waals surface area contributed by atoms with Gasteiger partial charge in [0.05, 0.1) is 54.1 Å². The lowest BCUT2D eigenvalue weighted by atomic mass is 9.89. The van der Waals surface area contributed by atoms with Gasteiger partial charge in [0.2, 0.25) is 0 Å². The monoisotopic (exact) mass is 748 g/mol. The van der Waals surface area contributed by atoms with Crippen molar-refractivity contribution in [2.24, 2.45) is 11.7 Å². The van der Waals surface area contributed by atoms with Crippen LogP contribution in [0.5, 0.6) is 0 Å². The second-order valence-corrected chi connectivity index (χ2v) is 14.6. The minimum Gasteiger partial charge on any atom is -0.444 e. The zero-order valence-corrected chi connectivity index (χ0v) is 31.5. The Morgan fingerprint density at radius 3 is 2.58 bits per heavy atom. The number of amides is 3. The second-order valence-electron chi connectivity index (χ2n) is 14.6. The van der Waals surface area contributed by atoms with Gasteiger partial charge in [0, 0.05) is 37.1 Å². The largest absolute Gasteiger partial charge is 0.444 e. The highest BCUT2D eigenvalue weighted by atomic mass is 16.6. The van der Waals surface area contributed by atoms with Crippen molar-refractivity contribution < 1.29 is 28.6 Å². The van der Waals surface area contributed by atoms with E-state index in [0.29, 0.717) is 43.2 Å². The number of anilines is 3. The summed E-state index contributed by atoms with van der Waals surface area (Å²) in [7, 11) is 0. The zero-order chi connectivity index (χ0) is 39.0. The van der Waals surface area contributed by atoms with Crippen LogP contribution in [0.1, 0.15) is 55.7 Å². The lowest BCUT2D eigenvalue weighted by Crippen LogP contribution is -2.63. The highest BCUT2D eigenvalue weighted by molar-refractivity contribution is 6.11. The van der Waals surface area contributed by atoms with Gasteiger partial charge in [-0.05, 0) is 68.0 Å². The van der Waals surface area contributed by atoms with E-state index in [1.807, 2.05) is 81.4 Å². The molecule has 1 fully saturated rings. The molecule has 2 aliphatic heterocycles. The van der Waals surface area contributed by atoms with Crippen LogP contribution >= 0.6 is 0 Å². The smallest absolute Gasteiger partial charge is 0.412 e. The van der Waals surface area contributed by atoms with E-state index < -0.39 is 29.7 Å². The molecule has 0 unspecified atom stereocenters. The molecular weight excluding hydrogens is 701 g/mol. The Morgan fingerprint density at radius 2 is 1.84 bits per heavy atom. The lowest BCUT2D eigenvalue weighted by molar-refractivity contribution is 0.0482. The third-order valence-corrected chi connectivity index (χ3v) is 9.26. The molecule has 4 heterocycles. The zero-order valence-electron chi connectivity index (χ0n) is 31.5. The highest BCUT2D eigenvalue weighted by Gasteiger charge is 2.37. The van der Waals surface area contributed by atoms with Gasteiger partial charge in [-0.2, -0.15) is 0 Å². The van der Waals surface area contributed by atoms with Crippen molar-refractivity contribution in [1.29, 1.82) is 0 Å². The highest BCUT2D eigenvalue weighted by Crippen LogP contribution is 2.32. The Labute approximate surface area is 320 Å². The third kappa shape index (κ3) is 10.1. The van der Waals surface area contributed by atoms with E-state index in [2.05, 4.69) is 38.1 Å². The van der Waals surface area contributed by atoms with Crippen molar-refractivity contribution in [3.8, 4) is 0 Å². The Hall–Kier alpha value is -6.15.